The van der Waals surface area contributed by atoms with Crippen LogP contribution in [0.25, 0.3) is 22.3 Å². The van der Waals surface area contributed by atoms with E-state index in [2.05, 4.69) is 97.1 Å². The second-order valence-electron chi connectivity index (χ2n) is 8.62. The first kappa shape index (κ1) is 20.5. The lowest BCUT2D eigenvalue weighted by atomic mass is 9.67. The Kier molecular flexibility index (Phi) is 4.84. The normalized spacial score (nSPS) is 13.1. The third-order valence-corrected chi connectivity index (χ3v) is 7.10. The molecule has 34 heavy (non-hydrogen) atoms. The van der Waals surface area contributed by atoms with Gasteiger partial charge >= 0.3 is 0 Å². The van der Waals surface area contributed by atoms with Crippen LogP contribution in [0.15, 0.2) is 121 Å². The molecule has 0 saturated carbocycles. The van der Waals surface area contributed by atoms with Crippen molar-refractivity contribution in [2.24, 2.45) is 0 Å². The Balaban J connectivity index is 1.71. The van der Waals surface area contributed by atoms with Gasteiger partial charge in [-0.2, -0.15) is 5.26 Å². The van der Waals surface area contributed by atoms with Gasteiger partial charge in [-0.3, -0.25) is 0 Å². The van der Waals surface area contributed by atoms with Crippen LogP contribution >= 0.6 is 11.6 Å². The van der Waals surface area contributed by atoms with E-state index in [1.165, 1.54) is 33.4 Å². The van der Waals surface area contributed by atoms with E-state index in [0.29, 0.717) is 5.56 Å². The molecule has 1 aliphatic carbocycles. The van der Waals surface area contributed by atoms with Gasteiger partial charge in [0.25, 0.3) is 0 Å². The lowest BCUT2D eigenvalue weighted by Crippen LogP contribution is -2.28. The minimum atomic E-state index is -0.485. The number of nitriles is 1. The highest BCUT2D eigenvalue weighted by molar-refractivity contribution is 6.30. The summed E-state index contributed by atoms with van der Waals surface area (Å²) in [6.45, 7) is 0. The molecule has 0 unspecified atom stereocenters. The molecule has 2 heteroatoms. The maximum atomic E-state index is 9.21. The topological polar surface area (TPSA) is 23.8 Å². The lowest BCUT2D eigenvalue weighted by molar-refractivity contribution is 0.769. The van der Waals surface area contributed by atoms with Gasteiger partial charge in [-0.05, 0) is 74.8 Å². The van der Waals surface area contributed by atoms with Crippen LogP contribution in [-0.4, -0.2) is 0 Å². The van der Waals surface area contributed by atoms with Crippen molar-refractivity contribution in [3.63, 3.8) is 0 Å². The number of halogens is 1. The molecule has 1 nitrogen and oxygen atoms in total. The Labute approximate surface area is 204 Å². The predicted molar refractivity (Wildman–Crippen MR) is 139 cm³/mol. The van der Waals surface area contributed by atoms with Crippen molar-refractivity contribution in [2.75, 3.05) is 0 Å². The van der Waals surface area contributed by atoms with E-state index >= 15 is 0 Å². The number of benzene rings is 5. The third-order valence-electron chi connectivity index (χ3n) is 6.86. The van der Waals surface area contributed by atoms with Gasteiger partial charge in [0.15, 0.2) is 0 Å². The van der Waals surface area contributed by atoms with E-state index < -0.39 is 5.41 Å². The average Bonchev–Trinajstić information content (AvgIpc) is 3.19. The van der Waals surface area contributed by atoms with Gasteiger partial charge in [0.2, 0.25) is 0 Å². The molecule has 0 heterocycles. The first-order chi connectivity index (χ1) is 16.7. The van der Waals surface area contributed by atoms with Crippen LogP contribution in [0.1, 0.15) is 27.8 Å². The highest BCUT2D eigenvalue weighted by Gasteiger charge is 2.46. The van der Waals surface area contributed by atoms with Gasteiger partial charge in [-0.25, -0.2) is 0 Å². The van der Waals surface area contributed by atoms with E-state index in [0.717, 1.165) is 16.1 Å². The monoisotopic (exact) mass is 453 g/mol. The second kappa shape index (κ2) is 8.03. The van der Waals surface area contributed by atoms with E-state index in [-0.39, 0.29) is 0 Å². The van der Waals surface area contributed by atoms with Crippen molar-refractivity contribution in [3.05, 3.63) is 154 Å². The first-order valence-corrected chi connectivity index (χ1v) is 11.7. The van der Waals surface area contributed by atoms with Crippen molar-refractivity contribution in [1.29, 1.82) is 5.26 Å². The summed E-state index contributed by atoms with van der Waals surface area (Å²) >= 11 is 6.60. The van der Waals surface area contributed by atoms with Crippen LogP contribution in [0.4, 0.5) is 0 Å². The summed E-state index contributed by atoms with van der Waals surface area (Å²) < 4.78 is 0. The third kappa shape index (κ3) is 3.00. The quantitative estimate of drug-likeness (QED) is 0.264. The zero-order chi connectivity index (χ0) is 23.1. The fraction of sp³-hybridized carbons (Fsp3) is 0.0312. The van der Waals surface area contributed by atoms with Gasteiger partial charge in [-0.1, -0.05) is 103 Å². The molecule has 0 saturated heterocycles. The standard InChI is InChI=1S/C32H20ClN/c33-27-16-18-29-28-17-15-24(23-13-11-22(21-34)12-14-23)19-30(28)32(31(29)20-27,25-7-3-1-4-8-25)26-9-5-2-6-10-26/h1-20H. The van der Waals surface area contributed by atoms with Gasteiger partial charge < -0.3 is 0 Å². The molecule has 5 aromatic carbocycles. The first-order valence-electron chi connectivity index (χ1n) is 11.3. The molecule has 6 rings (SSSR count). The predicted octanol–water partition coefficient (Wildman–Crippen LogP) is 8.24. The molecule has 0 amide bonds. The molecular weight excluding hydrogens is 434 g/mol. The SMILES string of the molecule is N#Cc1ccc(-c2ccc3c(c2)C(c2ccccc2)(c2ccccc2)c2cc(Cl)ccc2-3)cc1. The molecule has 0 fully saturated rings. The maximum absolute atomic E-state index is 9.21. The van der Waals surface area contributed by atoms with Gasteiger partial charge in [0.05, 0.1) is 17.0 Å². The van der Waals surface area contributed by atoms with E-state index in [1.807, 2.05) is 30.3 Å². The fourth-order valence-corrected chi connectivity index (χ4v) is 5.55. The van der Waals surface area contributed by atoms with Gasteiger partial charge in [0, 0.05) is 5.02 Å². The highest BCUT2D eigenvalue weighted by atomic mass is 35.5. The van der Waals surface area contributed by atoms with Gasteiger partial charge in [0.1, 0.15) is 0 Å². The van der Waals surface area contributed by atoms with Crippen LogP contribution in [0, 0.1) is 11.3 Å². The molecule has 0 bridgehead atoms. The van der Waals surface area contributed by atoms with E-state index in [1.54, 1.807) is 0 Å². The Morgan fingerprint density at radius 1 is 0.559 bits per heavy atom. The van der Waals surface area contributed by atoms with Crippen molar-refractivity contribution in [2.45, 2.75) is 5.41 Å². The molecule has 0 atom stereocenters. The van der Waals surface area contributed by atoms with E-state index in [4.69, 9.17) is 11.6 Å². The maximum Gasteiger partial charge on any atom is 0.0991 e. The fourth-order valence-electron chi connectivity index (χ4n) is 5.38. The number of rotatable bonds is 3. The highest BCUT2D eigenvalue weighted by Crippen LogP contribution is 2.57. The Morgan fingerprint density at radius 3 is 1.68 bits per heavy atom. The van der Waals surface area contributed by atoms with Crippen LogP contribution < -0.4 is 0 Å². The number of nitrogens with zero attached hydrogens (tertiary/aromatic N) is 1. The minimum absolute atomic E-state index is 0.485. The zero-order valence-corrected chi connectivity index (χ0v) is 19.1. The number of hydrogen-bond acceptors (Lipinski definition) is 1. The summed E-state index contributed by atoms with van der Waals surface area (Å²) in [5.74, 6) is 0. The number of hydrogen-bond donors (Lipinski definition) is 0. The molecule has 0 spiro atoms. The molecule has 0 radical (unpaired) electrons. The second-order valence-corrected chi connectivity index (χ2v) is 9.06. The Hall–Kier alpha value is -4.12. The molecule has 1 aliphatic rings. The smallest absolute Gasteiger partial charge is 0.0991 e. The zero-order valence-electron chi connectivity index (χ0n) is 18.4. The summed E-state index contributed by atoms with van der Waals surface area (Å²) in [5.41, 5.74) is 9.67. The summed E-state index contributed by atoms with van der Waals surface area (Å²) in [7, 11) is 0. The van der Waals surface area contributed by atoms with E-state index in [9.17, 15) is 5.26 Å². The summed E-state index contributed by atoms with van der Waals surface area (Å²) in [5, 5.41) is 9.94. The van der Waals surface area contributed by atoms with Crippen LogP contribution in [0.5, 0.6) is 0 Å². The molecule has 160 valence electrons. The van der Waals surface area contributed by atoms with Crippen LogP contribution in [0.3, 0.4) is 0 Å². The Morgan fingerprint density at radius 2 is 1.09 bits per heavy atom. The summed E-state index contributed by atoms with van der Waals surface area (Å²) in [6.07, 6.45) is 0. The molecule has 0 aromatic heterocycles. The van der Waals surface area contributed by atoms with Crippen molar-refractivity contribution >= 4 is 11.6 Å². The van der Waals surface area contributed by atoms with Crippen LogP contribution in [0.2, 0.25) is 5.02 Å². The molecule has 5 aromatic rings. The van der Waals surface area contributed by atoms with Crippen LogP contribution in [-0.2, 0) is 5.41 Å². The lowest BCUT2D eigenvalue weighted by Gasteiger charge is -2.34. The minimum Gasteiger partial charge on any atom is -0.192 e. The number of fused-ring (bicyclic) bond motifs is 3. The molecule has 0 aliphatic heterocycles. The summed E-state index contributed by atoms with van der Waals surface area (Å²) in [4.78, 5) is 0. The largest absolute Gasteiger partial charge is 0.192 e. The molecule has 0 N–H and O–H groups in total. The average molecular weight is 454 g/mol. The Bertz CT molecular complexity index is 1510. The van der Waals surface area contributed by atoms with Crippen molar-refractivity contribution in [3.8, 4) is 28.3 Å². The van der Waals surface area contributed by atoms with Crippen molar-refractivity contribution in [1.82, 2.24) is 0 Å². The van der Waals surface area contributed by atoms with Gasteiger partial charge in [-0.15, -0.1) is 0 Å². The molecular formula is C32H20ClN. The van der Waals surface area contributed by atoms with Crippen molar-refractivity contribution < 1.29 is 0 Å². The summed E-state index contributed by atoms with van der Waals surface area (Å²) in [6, 6.07) is 44.3.